The Hall–Kier alpha value is -0.223. The van der Waals surface area contributed by atoms with Crippen molar-refractivity contribution in [3.8, 4) is 0 Å². The van der Waals surface area contributed by atoms with Crippen LogP contribution in [-0.4, -0.2) is 23.4 Å². The highest BCUT2D eigenvalue weighted by atomic mass is 32.2. The zero-order valence-corrected chi connectivity index (χ0v) is 9.03. The lowest BCUT2D eigenvalue weighted by molar-refractivity contribution is 1.06. The Labute approximate surface area is 72.8 Å². The number of nitrogens with one attached hydrogen (secondary N) is 1. The lowest BCUT2D eigenvalue weighted by Crippen LogP contribution is -2.23. The molecule has 0 atom stereocenters. The Morgan fingerprint density at radius 2 is 2.27 bits per heavy atom. The highest BCUT2D eigenvalue weighted by Gasteiger charge is 2.13. The average molecular weight is 186 g/mol. The molecule has 0 aromatic carbocycles. The van der Waals surface area contributed by atoms with E-state index in [2.05, 4.69) is 29.6 Å². The van der Waals surface area contributed by atoms with Gasteiger partial charge in [-0.15, -0.1) is 0 Å². The number of aromatic amines is 1. The van der Waals surface area contributed by atoms with E-state index < -0.39 is 8.07 Å². The summed E-state index contributed by atoms with van der Waals surface area (Å²) >= 11 is 1.83. The minimum absolute atomic E-state index is 0.910. The van der Waals surface area contributed by atoms with Crippen LogP contribution in [0.25, 0.3) is 0 Å². The minimum Gasteiger partial charge on any atom is -0.340 e. The molecule has 1 aromatic heterocycles. The van der Waals surface area contributed by atoms with E-state index in [0.717, 1.165) is 5.16 Å². The molecule has 62 valence electrons. The maximum atomic E-state index is 4.15. The zero-order valence-electron chi connectivity index (χ0n) is 7.22. The summed E-state index contributed by atoms with van der Waals surface area (Å²) < 4.78 is 0. The van der Waals surface area contributed by atoms with Crippen molar-refractivity contribution < 1.29 is 0 Å². The van der Waals surface area contributed by atoms with Crippen LogP contribution in [0.5, 0.6) is 0 Å². The SMILES string of the molecule is C[Si](C)(C)CSc1ncc[nH]1. The van der Waals surface area contributed by atoms with Gasteiger partial charge >= 0.3 is 0 Å². The van der Waals surface area contributed by atoms with Crippen molar-refractivity contribution in [3.05, 3.63) is 12.4 Å². The van der Waals surface area contributed by atoms with Gasteiger partial charge in [0.15, 0.2) is 5.16 Å². The van der Waals surface area contributed by atoms with Crippen LogP contribution in [0.2, 0.25) is 19.6 Å². The van der Waals surface area contributed by atoms with Gasteiger partial charge in [0.05, 0.1) is 8.07 Å². The van der Waals surface area contributed by atoms with Gasteiger partial charge in [-0.05, 0) is 5.38 Å². The first-order valence-corrected chi connectivity index (χ1v) is 8.39. The molecule has 0 radical (unpaired) electrons. The summed E-state index contributed by atoms with van der Waals surface area (Å²) in [6, 6.07) is 0. The van der Waals surface area contributed by atoms with E-state index in [4.69, 9.17) is 0 Å². The molecule has 4 heteroatoms. The molecule has 1 rings (SSSR count). The van der Waals surface area contributed by atoms with Gasteiger partial charge < -0.3 is 4.98 Å². The van der Waals surface area contributed by atoms with Crippen LogP contribution in [0.4, 0.5) is 0 Å². The molecule has 1 aromatic rings. The van der Waals surface area contributed by atoms with Gasteiger partial charge in [-0.2, -0.15) is 0 Å². The van der Waals surface area contributed by atoms with Gasteiger partial charge in [0.25, 0.3) is 0 Å². The quantitative estimate of drug-likeness (QED) is 0.580. The van der Waals surface area contributed by atoms with Gasteiger partial charge in [-0.3, -0.25) is 0 Å². The van der Waals surface area contributed by atoms with Crippen LogP contribution >= 0.6 is 11.8 Å². The molecule has 0 saturated heterocycles. The Kier molecular flexibility index (Phi) is 2.78. The van der Waals surface area contributed by atoms with E-state index in [9.17, 15) is 0 Å². The molecule has 0 bridgehead atoms. The highest BCUT2D eigenvalue weighted by molar-refractivity contribution is 8.00. The van der Waals surface area contributed by atoms with E-state index in [1.165, 1.54) is 5.38 Å². The van der Waals surface area contributed by atoms with Crippen LogP contribution in [0.15, 0.2) is 17.6 Å². The molecule has 0 amide bonds. The smallest absolute Gasteiger partial charge is 0.164 e. The van der Waals surface area contributed by atoms with Gasteiger partial charge in [0.2, 0.25) is 0 Å². The van der Waals surface area contributed by atoms with Crippen molar-refractivity contribution in [1.82, 2.24) is 9.97 Å². The predicted molar refractivity (Wildman–Crippen MR) is 52.7 cm³/mol. The molecule has 0 aliphatic carbocycles. The van der Waals surface area contributed by atoms with E-state index in [-0.39, 0.29) is 0 Å². The molecule has 0 unspecified atom stereocenters. The van der Waals surface area contributed by atoms with Crippen LogP contribution in [0.1, 0.15) is 0 Å². The van der Waals surface area contributed by atoms with E-state index in [1.54, 1.807) is 6.20 Å². The zero-order chi connectivity index (χ0) is 8.32. The molecular weight excluding hydrogens is 172 g/mol. The fourth-order valence-electron chi connectivity index (χ4n) is 0.615. The topological polar surface area (TPSA) is 28.7 Å². The van der Waals surface area contributed by atoms with Crippen molar-refractivity contribution in [1.29, 1.82) is 0 Å². The van der Waals surface area contributed by atoms with Crippen LogP contribution in [0, 0.1) is 0 Å². The summed E-state index contributed by atoms with van der Waals surface area (Å²) in [6.07, 6.45) is 3.67. The summed E-state index contributed by atoms with van der Waals surface area (Å²) in [6.45, 7) is 7.09. The molecule has 2 nitrogen and oxygen atoms in total. The maximum Gasteiger partial charge on any atom is 0.164 e. The number of rotatable bonds is 3. The summed E-state index contributed by atoms with van der Waals surface area (Å²) in [5, 5.41) is 2.29. The van der Waals surface area contributed by atoms with Gasteiger partial charge in [-0.1, -0.05) is 31.4 Å². The number of hydrogen-bond acceptors (Lipinski definition) is 2. The van der Waals surface area contributed by atoms with E-state index >= 15 is 0 Å². The second-order valence-electron chi connectivity index (χ2n) is 3.74. The number of imidazole rings is 1. The van der Waals surface area contributed by atoms with E-state index in [1.807, 2.05) is 18.0 Å². The third kappa shape index (κ3) is 3.62. The number of nitrogens with zero attached hydrogens (tertiary/aromatic N) is 1. The second kappa shape index (κ2) is 3.45. The summed E-state index contributed by atoms with van der Waals surface area (Å²) in [4.78, 5) is 7.23. The fourth-order valence-corrected chi connectivity index (χ4v) is 3.18. The third-order valence-electron chi connectivity index (χ3n) is 1.12. The van der Waals surface area contributed by atoms with Crippen molar-refractivity contribution >= 4 is 19.8 Å². The molecule has 0 aliphatic rings. The molecule has 0 spiro atoms. The monoisotopic (exact) mass is 186 g/mol. The van der Waals surface area contributed by atoms with Crippen molar-refractivity contribution in [2.75, 3.05) is 5.38 Å². The molecule has 0 fully saturated rings. The van der Waals surface area contributed by atoms with Crippen molar-refractivity contribution in [3.63, 3.8) is 0 Å². The molecule has 11 heavy (non-hydrogen) atoms. The number of thioether (sulfide) groups is 1. The summed E-state index contributed by atoms with van der Waals surface area (Å²) in [5.74, 6) is 0. The van der Waals surface area contributed by atoms with Crippen LogP contribution in [-0.2, 0) is 0 Å². The lowest BCUT2D eigenvalue weighted by Gasteiger charge is -2.12. The Morgan fingerprint density at radius 1 is 1.55 bits per heavy atom. The Morgan fingerprint density at radius 3 is 2.73 bits per heavy atom. The lowest BCUT2D eigenvalue weighted by atomic mass is 11.0. The molecule has 1 heterocycles. The van der Waals surface area contributed by atoms with Crippen LogP contribution in [0.3, 0.4) is 0 Å². The largest absolute Gasteiger partial charge is 0.340 e. The van der Waals surface area contributed by atoms with Gasteiger partial charge in [0.1, 0.15) is 0 Å². The Balaban J connectivity index is 2.35. The van der Waals surface area contributed by atoms with Gasteiger partial charge in [-0.25, -0.2) is 4.98 Å². The third-order valence-corrected chi connectivity index (χ3v) is 5.65. The van der Waals surface area contributed by atoms with E-state index in [0.29, 0.717) is 0 Å². The predicted octanol–water partition coefficient (Wildman–Crippen LogP) is 2.38. The summed E-state index contributed by atoms with van der Waals surface area (Å²) in [7, 11) is -0.910. The van der Waals surface area contributed by atoms with Crippen LogP contribution < -0.4 is 0 Å². The minimum atomic E-state index is -0.910. The standard InChI is InChI=1S/C7H14N2SSi/c1-11(2,3)6-10-7-8-4-5-9-7/h4-5H,6H2,1-3H3,(H,8,9). The second-order valence-corrected chi connectivity index (χ2v) is 10.7. The number of aromatic nitrogens is 2. The molecular formula is C7H14N2SSi. The first-order valence-electron chi connectivity index (χ1n) is 3.70. The first kappa shape index (κ1) is 8.87. The molecule has 1 N–H and O–H groups in total. The molecule has 0 saturated carbocycles. The highest BCUT2D eigenvalue weighted by Crippen LogP contribution is 2.17. The molecule has 0 aliphatic heterocycles. The normalized spacial score (nSPS) is 11.9. The summed E-state index contributed by atoms with van der Waals surface area (Å²) in [5.41, 5.74) is 0. The van der Waals surface area contributed by atoms with Crippen molar-refractivity contribution in [2.45, 2.75) is 24.8 Å². The number of H-pyrrole nitrogens is 1. The Bertz CT molecular complexity index is 203. The fraction of sp³-hybridized carbons (Fsp3) is 0.571. The maximum absolute atomic E-state index is 4.15. The first-order chi connectivity index (χ1) is 5.08. The van der Waals surface area contributed by atoms with Crippen molar-refractivity contribution in [2.24, 2.45) is 0 Å². The average Bonchev–Trinajstić information content (AvgIpc) is 2.32. The number of hydrogen-bond donors (Lipinski definition) is 1. The van der Waals surface area contributed by atoms with Gasteiger partial charge in [0, 0.05) is 12.4 Å².